The van der Waals surface area contributed by atoms with Crippen LogP contribution in [0.2, 0.25) is 0 Å². The van der Waals surface area contributed by atoms with Crippen molar-refractivity contribution in [1.29, 1.82) is 0 Å². The molecule has 142 valence electrons. The Morgan fingerprint density at radius 3 is 2.71 bits per heavy atom. The van der Waals surface area contributed by atoms with Crippen molar-refractivity contribution in [1.82, 2.24) is 24.9 Å². The Labute approximate surface area is 164 Å². The van der Waals surface area contributed by atoms with Gasteiger partial charge in [-0.05, 0) is 36.4 Å². The van der Waals surface area contributed by atoms with Crippen molar-refractivity contribution in [2.24, 2.45) is 7.05 Å². The number of nitrogens with zero attached hydrogens (tertiary/aromatic N) is 5. The first-order chi connectivity index (χ1) is 13.6. The highest BCUT2D eigenvalue weighted by Crippen LogP contribution is 2.26. The van der Waals surface area contributed by atoms with Gasteiger partial charge in [-0.15, -0.1) is 10.2 Å². The van der Waals surface area contributed by atoms with Gasteiger partial charge in [-0.25, -0.2) is 4.39 Å². The minimum absolute atomic E-state index is 0.288. The molecule has 0 fully saturated rings. The summed E-state index contributed by atoms with van der Waals surface area (Å²) in [4.78, 5) is 4.42. The molecule has 0 spiro atoms. The van der Waals surface area contributed by atoms with E-state index < -0.39 is 0 Å². The molecule has 2 aromatic carbocycles. The third-order valence-corrected chi connectivity index (χ3v) is 5.06. The molecule has 0 amide bonds. The van der Waals surface area contributed by atoms with Crippen LogP contribution in [-0.2, 0) is 12.8 Å². The Morgan fingerprint density at radius 1 is 1.11 bits per heavy atom. The molecular formula is C19H16FN5O2S. The summed E-state index contributed by atoms with van der Waals surface area (Å²) in [5.41, 5.74) is 1.61. The summed E-state index contributed by atoms with van der Waals surface area (Å²) in [7, 11) is 3.47. The summed E-state index contributed by atoms with van der Waals surface area (Å²) in [5.74, 6) is 2.53. The van der Waals surface area contributed by atoms with Crippen molar-refractivity contribution in [3.8, 4) is 28.5 Å². The van der Waals surface area contributed by atoms with E-state index in [0.29, 0.717) is 28.4 Å². The molecule has 0 saturated carbocycles. The summed E-state index contributed by atoms with van der Waals surface area (Å²) in [6, 6.07) is 13.6. The van der Waals surface area contributed by atoms with Crippen LogP contribution in [-0.4, -0.2) is 32.0 Å². The number of thioether (sulfide) groups is 1. The second kappa shape index (κ2) is 7.81. The summed E-state index contributed by atoms with van der Waals surface area (Å²) in [6.07, 6.45) is 0. The van der Waals surface area contributed by atoms with E-state index in [1.807, 2.05) is 35.9 Å². The van der Waals surface area contributed by atoms with Gasteiger partial charge < -0.3 is 13.8 Å². The Hall–Kier alpha value is -3.20. The molecule has 0 atom stereocenters. The van der Waals surface area contributed by atoms with Crippen LogP contribution in [0.1, 0.15) is 5.89 Å². The van der Waals surface area contributed by atoms with E-state index in [-0.39, 0.29) is 5.82 Å². The molecule has 2 aromatic heterocycles. The molecule has 2 heterocycles. The number of aromatic nitrogens is 5. The number of methoxy groups -OCH3 is 1. The van der Waals surface area contributed by atoms with Crippen LogP contribution in [0.15, 0.2) is 58.2 Å². The van der Waals surface area contributed by atoms with Gasteiger partial charge in [-0.3, -0.25) is 0 Å². The second-order valence-electron chi connectivity index (χ2n) is 5.90. The summed E-state index contributed by atoms with van der Waals surface area (Å²) < 4.78 is 25.5. The van der Waals surface area contributed by atoms with E-state index in [2.05, 4.69) is 20.3 Å². The average Bonchev–Trinajstić information content (AvgIpc) is 3.34. The molecule has 0 aliphatic carbocycles. The third kappa shape index (κ3) is 3.74. The quantitative estimate of drug-likeness (QED) is 0.456. The van der Waals surface area contributed by atoms with Crippen LogP contribution in [0.5, 0.6) is 5.75 Å². The highest BCUT2D eigenvalue weighted by atomic mass is 32.2. The second-order valence-corrected chi connectivity index (χ2v) is 6.85. The predicted octanol–water partition coefficient (Wildman–Crippen LogP) is 3.97. The Kier molecular flexibility index (Phi) is 5.07. The molecule has 0 bridgehead atoms. The zero-order valence-electron chi connectivity index (χ0n) is 15.2. The fraction of sp³-hybridized carbons (Fsp3) is 0.158. The van der Waals surface area contributed by atoms with Gasteiger partial charge in [0.05, 0.1) is 12.9 Å². The molecule has 9 heteroatoms. The first kappa shape index (κ1) is 18.2. The summed E-state index contributed by atoms with van der Waals surface area (Å²) >= 11 is 1.43. The van der Waals surface area contributed by atoms with E-state index >= 15 is 0 Å². The van der Waals surface area contributed by atoms with Gasteiger partial charge in [-0.2, -0.15) is 4.98 Å². The lowest BCUT2D eigenvalue weighted by molar-refractivity contribution is 0.391. The van der Waals surface area contributed by atoms with Crippen LogP contribution in [0.25, 0.3) is 22.8 Å². The maximum absolute atomic E-state index is 13.1. The maximum atomic E-state index is 13.1. The van der Waals surface area contributed by atoms with E-state index in [1.165, 1.54) is 23.9 Å². The normalized spacial score (nSPS) is 11.0. The van der Waals surface area contributed by atoms with Gasteiger partial charge in [0.2, 0.25) is 11.7 Å². The van der Waals surface area contributed by atoms with Gasteiger partial charge in [0.15, 0.2) is 11.0 Å². The lowest BCUT2D eigenvalue weighted by Crippen LogP contribution is -1.95. The molecule has 0 aliphatic rings. The number of halogens is 1. The monoisotopic (exact) mass is 397 g/mol. The predicted molar refractivity (Wildman–Crippen MR) is 102 cm³/mol. The standard InChI is InChI=1S/C19H16FN5O2S/c1-25-18(12-6-8-14(20)9-7-12)22-23-19(25)28-11-16-21-17(24-27-16)13-4-3-5-15(10-13)26-2/h3-10H,11H2,1-2H3. The van der Waals surface area contributed by atoms with Crippen LogP contribution >= 0.6 is 11.8 Å². The minimum Gasteiger partial charge on any atom is -0.497 e. The molecule has 7 nitrogen and oxygen atoms in total. The molecule has 0 radical (unpaired) electrons. The molecule has 0 aliphatic heterocycles. The van der Waals surface area contributed by atoms with Crippen molar-refractivity contribution in [3.05, 3.63) is 60.2 Å². The van der Waals surface area contributed by atoms with Gasteiger partial charge in [0.1, 0.15) is 11.6 Å². The first-order valence-corrected chi connectivity index (χ1v) is 9.38. The van der Waals surface area contributed by atoms with Crippen molar-refractivity contribution in [2.75, 3.05) is 7.11 Å². The molecular weight excluding hydrogens is 381 g/mol. The number of hydrogen-bond donors (Lipinski definition) is 0. The van der Waals surface area contributed by atoms with E-state index in [9.17, 15) is 4.39 Å². The molecule has 4 rings (SSSR count). The maximum Gasteiger partial charge on any atom is 0.237 e. The van der Waals surface area contributed by atoms with Gasteiger partial charge in [0.25, 0.3) is 0 Å². The number of ether oxygens (including phenoxy) is 1. The summed E-state index contributed by atoms with van der Waals surface area (Å²) in [6.45, 7) is 0. The zero-order chi connectivity index (χ0) is 19.5. The van der Waals surface area contributed by atoms with Crippen molar-refractivity contribution < 1.29 is 13.7 Å². The molecule has 0 unspecified atom stereocenters. The Morgan fingerprint density at radius 2 is 1.93 bits per heavy atom. The third-order valence-electron chi connectivity index (χ3n) is 4.06. The van der Waals surface area contributed by atoms with Crippen LogP contribution in [0.3, 0.4) is 0 Å². The van der Waals surface area contributed by atoms with Crippen LogP contribution < -0.4 is 4.74 Å². The lowest BCUT2D eigenvalue weighted by Gasteiger charge is -2.02. The SMILES string of the molecule is COc1cccc(-c2noc(CSc3nnc(-c4ccc(F)cc4)n3C)n2)c1. The average molecular weight is 397 g/mol. The van der Waals surface area contributed by atoms with Crippen molar-refractivity contribution in [2.45, 2.75) is 10.9 Å². The molecule has 0 N–H and O–H groups in total. The fourth-order valence-corrected chi connectivity index (χ4v) is 3.36. The number of benzene rings is 2. The smallest absolute Gasteiger partial charge is 0.237 e. The molecule has 0 saturated heterocycles. The van der Waals surface area contributed by atoms with Gasteiger partial charge >= 0.3 is 0 Å². The van der Waals surface area contributed by atoms with Gasteiger partial charge in [-0.1, -0.05) is 29.1 Å². The van der Waals surface area contributed by atoms with Crippen molar-refractivity contribution in [3.63, 3.8) is 0 Å². The molecule has 4 aromatic rings. The zero-order valence-corrected chi connectivity index (χ0v) is 16.0. The summed E-state index contributed by atoms with van der Waals surface area (Å²) in [5, 5.41) is 13.1. The largest absolute Gasteiger partial charge is 0.497 e. The highest BCUT2D eigenvalue weighted by molar-refractivity contribution is 7.98. The minimum atomic E-state index is -0.288. The topological polar surface area (TPSA) is 78.9 Å². The Bertz CT molecular complexity index is 1090. The van der Waals surface area contributed by atoms with E-state index in [0.717, 1.165) is 16.9 Å². The fourth-order valence-electron chi connectivity index (χ4n) is 2.61. The first-order valence-electron chi connectivity index (χ1n) is 8.39. The van der Waals surface area contributed by atoms with Crippen LogP contribution in [0.4, 0.5) is 4.39 Å². The lowest BCUT2D eigenvalue weighted by atomic mass is 10.2. The van der Waals surface area contributed by atoms with Crippen LogP contribution in [0, 0.1) is 5.82 Å². The van der Waals surface area contributed by atoms with Crippen molar-refractivity contribution >= 4 is 11.8 Å². The van der Waals surface area contributed by atoms with E-state index in [1.54, 1.807) is 19.2 Å². The highest BCUT2D eigenvalue weighted by Gasteiger charge is 2.14. The van der Waals surface area contributed by atoms with E-state index in [4.69, 9.17) is 9.26 Å². The Balaban J connectivity index is 1.47. The number of rotatable bonds is 6. The molecule has 28 heavy (non-hydrogen) atoms. The number of hydrogen-bond acceptors (Lipinski definition) is 7. The van der Waals surface area contributed by atoms with Gasteiger partial charge in [0, 0.05) is 18.2 Å².